The summed E-state index contributed by atoms with van der Waals surface area (Å²) in [6, 6.07) is 16.7. The Balaban J connectivity index is 1.54. The van der Waals surface area contributed by atoms with E-state index in [1.165, 1.54) is 22.3 Å². The Bertz CT molecular complexity index is 1600. The van der Waals surface area contributed by atoms with E-state index in [4.69, 9.17) is 4.74 Å². The molecule has 5 rings (SSSR count). The molecule has 1 fully saturated rings. The Morgan fingerprint density at radius 3 is 2.48 bits per heavy atom. The molecule has 0 radical (unpaired) electrons. The summed E-state index contributed by atoms with van der Waals surface area (Å²) in [6.07, 6.45) is 4.59. The van der Waals surface area contributed by atoms with Crippen molar-refractivity contribution in [2.45, 2.75) is 45.3 Å². The quantitative estimate of drug-likeness (QED) is 0.311. The fraction of sp³-hybridized carbons (Fsp3) is 0.323. The molecule has 0 saturated carbocycles. The molecular weight excluding hydrogens is 514 g/mol. The van der Waals surface area contributed by atoms with Crippen molar-refractivity contribution < 1.29 is 13.5 Å². The highest BCUT2D eigenvalue weighted by molar-refractivity contribution is 5.66. The molecule has 1 saturated heterocycles. The van der Waals surface area contributed by atoms with Crippen LogP contribution in [0.4, 0.5) is 8.78 Å². The Morgan fingerprint density at radius 2 is 1.75 bits per heavy atom. The smallest absolute Gasteiger partial charge is 0.331 e. The minimum atomic E-state index is -0.749. The average Bonchev–Trinajstić information content (AvgIpc) is 3.39. The fourth-order valence-corrected chi connectivity index (χ4v) is 5.55. The Morgan fingerprint density at radius 1 is 0.975 bits per heavy atom. The topological polar surface area (TPSA) is 69.4 Å². The van der Waals surface area contributed by atoms with Gasteiger partial charge in [0.1, 0.15) is 17.4 Å². The maximum Gasteiger partial charge on any atom is 0.331 e. The molecule has 0 bridgehead atoms. The average molecular weight is 547 g/mol. The summed E-state index contributed by atoms with van der Waals surface area (Å²) >= 11 is 0. The van der Waals surface area contributed by atoms with Gasteiger partial charge in [0.2, 0.25) is 0 Å². The number of nitrogens with zero attached hydrogens (tertiary/aromatic N) is 4. The lowest BCUT2D eigenvalue weighted by Gasteiger charge is -2.25. The highest BCUT2D eigenvalue weighted by atomic mass is 19.1. The van der Waals surface area contributed by atoms with Gasteiger partial charge < -0.3 is 4.74 Å². The van der Waals surface area contributed by atoms with Crippen LogP contribution in [0.15, 0.2) is 76.4 Å². The molecule has 4 aromatic rings. The van der Waals surface area contributed by atoms with Crippen LogP contribution >= 0.6 is 0 Å². The molecule has 9 heteroatoms. The molecule has 3 heterocycles. The molecule has 7 nitrogen and oxygen atoms in total. The molecule has 1 aliphatic rings. The van der Waals surface area contributed by atoms with Crippen molar-refractivity contribution in [2.24, 2.45) is 0 Å². The van der Waals surface area contributed by atoms with Gasteiger partial charge in [-0.25, -0.2) is 13.6 Å². The first-order valence-electron chi connectivity index (χ1n) is 13.4. The van der Waals surface area contributed by atoms with Gasteiger partial charge in [-0.2, -0.15) is 0 Å². The largest absolute Gasteiger partial charge is 0.497 e. The number of likely N-dealkylation sites (tertiary alicyclic amines) is 1. The second-order valence-electron chi connectivity index (χ2n) is 10.1. The lowest BCUT2D eigenvalue weighted by atomic mass is 10.0. The molecule has 2 aromatic carbocycles. The standard InChI is InChI=1S/C31H32F2N4O3/c1-21-29(22-8-5-11-25(18-22)40-2)30(38)36(31(39)37(21)20-26-27(32)12-6-13-28(26)33)17-16-35-15-7-10-24(35)19-23-9-3-4-14-34-23/h3-6,8-9,11-14,18,24H,7,10,15-17,19-20H2,1-2H3/t24-/m0/s1. The third-order valence-corrected chi connectivity index (χ3v) is 7.70. The minimum absolute atomic E-state index is 0.146. The normalized spacial score (nSPS) is 15.4. The van der Waals surface area contributed by atoms with E-state index < -0.39 is 22.9 Å². The molecule has 2 aromatic heterocycles. The van der Waals surface area contributed by atoms with Crippen LogP contribution in [0.2, 0.25) is 0 Å². The van der Waals surface area contributed by atoms with E-state index in [0.717, 1.165) is 43.6 Å². The molecule has 40 heavy (non-hydrogen) atoms. The molecule has 0 aliphatic carbocycles. The first kappa shape index (κ1) is 27.5. The van der Waals surface area contributed by atoms with Crippen LogP contribution in [-0.2, 0) is 19.5 Å². The lowest BCUT2D eigenvalue weighted by molar-refractivity contribution is 0.238. The number of methoxy groups -OCH3 is 1. The van der Waals surface area contributed by atoms with E-state index in [2.05, 4.69) is 9.88 Å². The summed E-state index contributed by atoms with van der Waals surface area (Å²) in [7, 11) is 1.53. The fourth-order valence-electron chi connectivity index (χ4n) is 5.55. The zero-order valence-corrected chi connectivity index (χ0v) is 22.6. The second kappa shape index (κ2) is 12.0. The van der Waals surface area contributed by atoms with Gasteiger partial charge in [-0.05, 0) is 68.3 Å². The van der Waals surface area contributed by atoms with E-state index in [9.17, 15) is 18.4 Å². The van der Waals surface area contributed by atoms with Gasteiger partial charge in [-0.3, -0.25) is 23.8 Å². The highest BCUT2D eigenvalue weighted by Crippen LogP contribution is 2.25. The number of ether oxygens (including phenoxy) is 1. The van der Waals surface area contributed by atoms with E-state index >= 15 is 0 Å². The van der Waals surface area contributed by atoms with Crippen molar-refractivity contribution in [1.29, 1.82) is 0 Å². The molecule has 208 valence electrons. The van der Waals surface area contributed by atoms with Crippen molar-refractivity contribution in [3.05, 3.63) is 116 Å². The summed E-state index contributed by atoms with van der Waals surface area (Å²) in [5.41, 5.74) is 0.912. The van der Waals surface area contributed by atoms with Crippen LogP contribution in [-0.4, -0.2) is 45.3 Å². The lowest BCUT2D eigenvalue weighted by Crippen LogP contribution is -2.45. The maximum atomic E-state index is 14.6. The number of hydrogen-bond acceptors (Lipinski definition) is 5. The highest BCUT2D eigenvalue weighted by Gasteiger charge is 2.26. The summed E-state index contributed by atoms with van der Waals surface area (Å²) in [6.45, 7) is 2.78. The number of halogens is 2. The first-order chi connectivity index (χ1) is 19.4. The molecule has 0 amide bonds. The summed E-state index contributed by atoms with van der Waals surface area (Å²) < 4.78 is 37.1. The minimum Gasteiger partial charge on any atom is -0.497 e. The van der Waals surface area contributed by atoms with Crippen molar-refractivity contribution in [1.82, 2.24) is 19.0 Å². The van der Waals surface area contributed by atoms with Gasteiger partial charge in [0.15, 0.2) is 0 Å². The number of rotatable bonds is 9. The second-order valence-corrected chi connectivity index (χ2v) is 10.1. The van der Waals surface area contributed by atoms with Crippen LogP contribution < -0.4 is 16.0 Å². The number of hydrogen-bond donors (Lipinski definition) is 0. The van der Waals surface area contributed by atoms with Crippen molar-refractivity contribution in [2.75, 3.05) is 20.2 Å². The Kier molecular flexibility index (Phi) is 8.21. The maximum absolute atomic E-state index is 14.6. The first-order valence-corrected chi connectivity index (χ1v) is 13.4. The van der Waals surface area contributed by atoms with E-state index in [0.29, 0.717) is 29.1 Å². The molecule has 0 spiro atoms. The van der Waals surface area contributed by atoms with Gasteiger partial charge in [0.05, 0.1) is 19.2 Å². The van der Waals surface area contributed by atoms with Crippen LogP contribution in [0.3, 0.4) is 0 Å². The van der Waals surface area contributed by atoms with Gasteiger partial charge in [0.25, 0.3) is 5.56 Å². The number of benzene rings is 2. The van der Waals surface area contributed by atoms with Gasteiger partial charge in [-0.15, -0.1) is 0 Å². The van der Waals surface area contributed by atoms with Gasteiger partial charge in [0, 0.05) is 48.7 Å². The third-order valence-electron chi connectivity index (χ3n) is 7.70. The molecule has 1 aliphatic heterocycles. The van der Waals surface area contributed by atoms with Crippen LogP contribution in [0, 0.1) is 18.6 Å². The van der Waals surface area contributed by atoms with Crippen LogP contribution in [0.25, 0.3) is 11.1 Å². The van der Waals surface area contributed by atoms with Crippen molar-refractivity contribution in [3.63, 3.8) is 0 Å². The Hall–Kier alpha value is -4.11. The molecular formula is C31H32F2N4O3. The predicted molar refractivity (Wildman–Crippen MR) is 150 cm³/mol. The van der Waals surface area contributed by atoms with Gasteiger partial charge >= 0.3 is 5.69 Å². The molecule has 1 atom stereocenters. The monoisotopic (exact) mass is 546 g/mol. The third kappa shape index (κ3) is 5.60. The van der Waals surface area contributed by atoms with Crippen molar-refractivity contribution >= 4 is 0 Å². The predicted octanol–water partition coefficient (Wildman–Crippen LogP) is 4.42. The van der Waals surface area contributed by atoms with Gasteiger partial charge in [-0.1, -0.05) is 24.3 Å². The molecule has 0 unspecified atom stereocenters. The van der Waals surface area contributed by atoms with Crippen LogP contribution in [0.1, 0.15) is 29.8 Å². The van der Waals surface area contributed by atoms with E-state index in [-0.39, 0.29) is 24.7 Å². The SMILES string of the molecule is COc1cccc(-c2c(C)n(Cc3c(F)cccc3F)c(=O)n(CCN3CCC[C@H]3Cc3ccccn3)c2=O)c1. The van der Waals surface area contributed by atoms with E-state index in [1.807, 2.05) is 18.2 Å². The number of aromatic nitrogens is 3. The van der Waals surface area contributed by atoms with Crippen LogP contribution in [0.5, 0.6) is 5.75 Å². The van der Waals surface area contributed by atoms with E-state index in [1.54, 1.807) is 37.4 Å². The summed E-state index contributed by atoms with van der Waals surface area (Å²) in [5, 5.41) is 0. The zero-order valence-electron chi connectivity index (χ0n) is 22.6. The summed E-state index contributed by atoms with van der Waals surface area (Å²) in [4.78, 5) is 34.3. The Labute approximate surface area is 231 Å². The zero-order chi connectivity index (χ0) is 28.2. The number of pyridine rings is 1. The molecule has 0 N–H and O–H groups in total. The van der Waals surface area contributed by atoms with Crippen molar-refractivity contribution in [3.8, 4) is 16.9 Å². The summed E-state index contributed by atoms with van der Waals surface area (Å²) in [5.74, 6) is -0.946.